The van der Waals surface area contributed by atoms with Crippen LogP contribution in [0.5, 0.6) is 0 Å². The lowest BCUT2D eigenvalue weighted by atomic mass is 10.2. The van der Waals surface area contributed by atoms with Crippen molar-refractivity contribution in [3.63, 3.8) is 0 Å². The monoisotopic (exact) mass is 212 g/mol. The van der Waals surface area contributed by atoms with Crippen LogP contribution in [-0.4, -0.2) is 37.6 Å². The highest BCUT2D eigenvalue weighted by molar-refractivity contribution is 4.69. The molecule has 1 atom stereocenters. The zero-order valence-corrected chi connectivity index (χ0v) is 10.8. The van der Waals surface area contributed by atoms with E-state index in [-0.39, 0.29) is 0 Å². The molecule has 15 heavy (non-hydrogen) atoms. The summed E-state index contributed by atoms with van der Waals surface area (Å²) in [6.07, 6.45) is 6.83. The molecule has 90 valence electrons. The summed E-state index contributed by atoms with van der Waals surface area (Å²) in [6.45, 7) is 11.7. The molecule has 0 saturated heterocycles. The maximum absolute atomic E-state index is 3.74. The zero-order valence-electron chi connectivity index (χ0n) is 10.8. The van der Waals surface area contributed by atoms with E-state index >= 15 is 0 Å². The molecular formula is C13H28N2. The number of hydrogen-bond acceptors (Lipinski definition) is 2. The average molecular weight is 212 g/mol. The molecule has 0 fully saturated rings. The third-order valence-electron chi connectivity index (χ3n) is 2.84. The molecule has 0 aromatic rings. The summed E-state index contributed by atoms with van der Waals surface area (Å²) in [4.78, 5) is 2.44. The molecule has 0 amide bonds. The fourth-order valence-corrected chi connectivity index (χ4v) is 1.54. The first-order valence-corrected chi connectivity index (χ1v) is 6.24. The molecule has 0 aromatic heterocycles. The van der Waals surface area contributed by atoms with Crippen LogP contribution in [0.15, 0.2) is 12.7 Å². The topological polar surface area (TPSA) is 15.3 Å². The minimum absolute atomic E-state index is 0.680. The van der Waals surface area contributed by atoms with Gasteiger partial charge in [0.25, 0.3) is 0 Å². The maximum Gasteiger partial charge on any atom is 0.00759 e. The first-order chi connectivity index (χ1) is 7.22. The molecule has 2 nitrogen and oxygen atoms in total. The summed E-state index contributed by atoms with van der Waals surface area (Å²) < 4.78 is 0. The fourth-order valence-electron chi connectivity index (χ4n) is 1.54. The Balaban J connectivity index is 3.41. The molecule has 0 rings (SSSR count). The van der Waals surface area contributed by atoms with E-state index in [0.29, 0.717) is 6.04 Å². The van der Waals surface area contributed by atoms with Gasteiger partial charge in [0.15, 0.2) is 0 Å². The smallest absolute Gasteiger partial charge is 0.00759 e. The van der Waals surface area contributed by atoms with Crippen LogP contribution in [0, 0.1) is 0 Å². The highest BCUT2D eigenvalue weighted by Gasteiger charge is 2.07. The second-order valence-electron chi connectivity index (χ2n) is 4.30. The lowest BCUT2D eigenvalue weighted by Crippen LogP contribution is -2.33. The molecule has 0 aliphatic heterocycles. The Labute approximate surface area is 95.7 Å². The van der Waals surface area contributed by atoms with Crippen LogP contribution >= 0.6 is 0 Å². The fraction of sp³-hybridized carbons (Fsp3) is 0.846. The van der Waals surface area contributed by atoms with Gasteiger partial charge in [-0.15, -0.1) is 6.58 Å². The Kier molecular flexibility index (Phi) is 9.96. The molecule has 0 aliphatic carbocycles. The van der Waals surface area contributed by atoms with Crippen molar-refractivity contribution < 1.29 is 0 Å². The number of nitrogens with one attached hydrogen (secondary N) is 1. The second kappa shape index (κ2) is 10.2. The van der Waals surface area contributed by atoms with Gasteiger partial charge in [-0.25, -0.2) is 0 Å². The molecule has 1 N–H and O–H groups in total. The van der Waals surface area contributed by atoms with Crippen molar-refractivity contribution in [2.24, 2.45) is 0 Å². The minimum atomic E-state index is 0.680. The SMILES string of the molecule is C=CCCCN(C)C(C)CCNCCC. The van der Waals surface area contributed by atoms with Gasteiger partial charge in [0.1, 0.15) is 0 Å². The molecule has 0 bridgehead atoms. The number of hydrogen-bond donors (Lipinski definition) is 1. The summed E-state index contributed by atoms with van der Waals surface area (Å²) in [5, 5.41) is 3.45. The van der Waals surface area contributed by atoms with Gasteiger partial charge in [0, 0.05) is 6.04 Å². The maximum atomic E-state index is 3.74. The standard InChI is InChI=1S/C13H28N2/c1-5-7-8-12-15(4)13(3)9-11-14-10-6-2/h5,13-14H,1,6-12H2,2-4H3. The molecule has 0 saturated carbocycles. The van der Waals surface area contributed by atoms with E-state index in [0.717, 1.165) is 19.5 Å². The first kappa shape index (κ1) is 14.7. The van der Waals surface area contributed by atoms with Crippen molar-refractivity contribution in [1.82, 2.24) is 10.2 Å². The van der Waals surface area contributed by atoms with E-state index in [1.54, 1.807) is 0 Å². The van der Waals surface area contributed by atoms with E-state index < -0.39 is 0 Å². The molecule has 1 unspecified atom stereocenters. The highest BCUT2D eigenvalue weighted by atomic mass is 15.1. The number of nitrogens with zero attached hydrogens (tertiary/aromatic N) is 1. The number of rotatable bonds is 10. The summed E-state index contributed by atoms with van der Waals surface area (Å²) in [7, 11) is 2.22. The Morgan fingerprint density at radius 2 is 2.13 bits per heavy atom. The van der Waals surface area contributed by atoms with Gasteiger partial charge in [-0.3, -0.25) is 0 Å². The summed E-state index contributed by atoms with van der Waals surface area (Å²) in [5.74, 6) is 0. The van der Waals surface area contributed by atoms with Gasteiger partial charge < -0.3 is 10.2 Å². The van der Waals surface area contributed by atoms with Crippen LogP contribution in [0.4, 0.5) is 0 Å². The van der Waals surface area contributed by atoms with Crippen molar-refractivity contribution in [2.75, 3.05) is 26.7 Å². The molecule has 0 spiro atoms. The Bertz CT molecular complexity index is 145. The van der Waals surface area contributed by atoms with Crippen LogP contribution in [0.25, 0.3) is 0 Å². The van der Waals surface area contributed by atoms with Crippen molar-refractivity contribution in [3.8, 4) is 0 Å². The van der Waals surface area contributed by atoms with E-state index in [2.05, 4.69) is 37.7 Å². The van der Waals surface area contributed by atoms with Crippen LogP contribution in [0.2, 0.25) is 0 Å². The number of allylic oxidation sites excluding steroid dienone is 1. The third-order valence-corrected chi connectivity index (χ3v) is 2.84. The summed E-state index contributed by atoms with van der Waals surface area (Å²) >= 11 is 0. The Hall–Kier alpha value is -0.340. The van der Waals surface area contributed by atoms with Crippen LogP contribution < -0.4 is 5.32 Å². The predicted molar refractivity (Wildman–Crippen MR) is 69.3 cm³/mol. The van der Waals surface area contributed by atoms with Crippen molar-refractivity contribution in [3.05, 3.63) is 12.7 Å². The van der Waals surface area contributed by atoms with Gasteiger partial charge in [0.05, 0.1) is 0 Å². The van der Waals surface area contributed by atoms with Crippen LogP contribution in [-0.2, 0) is 0 Å². The zero-order chi connectivity index (χ0) is 11.5. The van der Waals surface area contributed by atoms with Gasteiger partial charge in [0.2, 0.25) is 0 Å². The summed E-state index contributed by atoms with van der Waals surface area (Å²) in [5.41, 5.74) is 0. The quantitative estimate of drug-likeness (QED) is 0.442. The van der Waals surface area contributed by atoms with Crippen molar-refractivity contribution in [2.45, 2.75) is 45.6 Å². The lowest BCUT2D eigenvalue weighted by Gasteiger charge is -2.24. The minimum Gasteiger partial charge on any atom is -0.317 e. The van der Waals surface area contributed by atoms with Gasteiger partial charge in [-0.05, 0) is 59.3 Å². The second-order valence-corrected chi connectivity index (χ2v) is 4.30. The molecule has 2 heteroatoms. The largest absolute Gasteiger partial charge is 0.317 e. The van der Waals surface area contributed by atoms with E-state index in [1.165, 1.54) is 25.8 Å². The number of unbranched alkanes of at least 4 members (excludes halogenated alkanes) is 1. The molecule has 0 aromatic carbocycles. The normalized spacial score (nSPS) is 13.1. The summed E-state index contributed by atoms with van der Waals surface area (Å²) in [6, 6.07) is 0.680. The molecule has 0 aliphatic rings. The molecule has 0 radical (unpaired) electrons. The van der Waals surface area contributed by atoms with Gasteiger partial charge in [-0.1, -0.05) is 13.0 Å². The van der Waals surface area contributed by atoms with Crippen LogP contribution in [0.1, 0.15) is 39.5 Å². The highest BCUT2D eigenvalue weighted by Crippen LogP contribution is 2.02. The van der Waals surface area contributed by atoms with E-state index in [4.69, 9.17) is 0 Å². The van der Waals surface area contributed by atoms with Gasteiger partial charge in [-0.2, -0.15) is 0 Å². The van der Waals surface area contributed by atoms with Crippen molar-refractivity contribution >= 4 is 0 Å². The van der Waals surface area contributed by atoms with E-state index in [9.17, 15) is 0 Å². The van der Waals surface area contributed by atoms with E-state index in [1.807, 2.05) is 6.08 Å². The Morgan fingerprint density at radius 3 is 2.73 bits per heavy atom. The lowest BCUT2D eigenvalue weighted by molar-refractivity contribution is 0.242. The predicted octanol–water partition coefficient (Wildman–Crippen LogP) is 2.66. The van der Waals surface area contributed by atoms with Crippen LogP contribution in [0.3, 0.4) is 0 Å². The third kappa shape index (κ3) is 8.64. The average Bonchev–Trinajstić information content (AvgIpc) is 2.24. The molecular weight excluding hydrogens is 184 g/mol. The molecule has 0 heterocycles. The first-order valence-electron chi connectivity index (χ1n) is 6.24. The van der Waals surface area contributed by atoms with Crippen molar-refractivity contribution in [1.29, 1.82) is 0 Å². The van der Waals surface area contributed by atoms with Gasteiger partial charge >= 0.3 is 0 Å². The Morgan fingerprint density at radius 1 is 1.40 bits per heavy atom.